The maximum absolute atomic E-state index is 12.0. The number of anilines is 1. The Kier molecular flexibility index (Phi) is 6.76. The van der Waals surface area contributed by atoms with Crippen molar-refractivity contribution in [2.45, 2.75) is 13.0 Å². The Morgan fingerprint density at radius 1 is 1.19 bits per heavy atom. The van der Waals surface area contributed by atoms with Gasteiger partial charge in [-0.2, -0.15) is 0 Å². The number of methoxy groups -OCH3 is 1. The van der Waals surface area contributed by atoms with Gasteiger partial charge in [-0.25, -0.2) is 4.79 Å². The summed E-state index contributed by atoms with van der Waals surface area (Å²) in [5.74, 6) is 0.146. The average Bonchev–Trinajstić information content (AvgIpc) is 2.66. The van der Waals surface area contributed by atoms with E-state index in [1.54, 1.807) is 25.3 Å². The number of nitrogen functional groups attached to an aromatic ring is 1. The molecule has 1 atom stereocenters. The molecule has 0 unspecified atom stereocenters. The summed E-state index contributed by atoms with van der Waals surface area (Å²) in [6.45, 7) is 1.40. The number of rotatable bonds is 7. The van der Waals surface area contributed by atoms with Crippen LogP contribution >= 0.6 is 0 Å². The first-order chi connectivity index (χ1) is 12.9. The number of nitrogens with two attached hydrogens (primary N) is 1. The van der Waals surface area contributed by atoms with Crippen LogP contribution in [0.25, 0.3) is 0 Å². The SMILES string of the molecule is COc1cccc([C@@H](C)NC(=O)COC(=O)Nc2cccc(C(=N)N)c2)c1. The molecular weight excluding hydrogens is 348 g/mol. The Bertz CT molecular complexity index is 838. The van der Waals surface area contributed by atoms with Gasteiger partial charge in [-0.1, -0.05) is 24.3 Å². The summed E-state index contributed by atoms with van der Waals surface area (Å²) in [6.07, 6.45) is -0.778. The van der Waals surface area contributed by atoms with Crippen molar-refractivity contribution < 1.29 is 19.1 Å². The van der Waals surface area contributed by atoms with Crippen molar-refractivity contribution >= 4 is 23.5 Å². The molecule has 0 radical (unpaired) electrons. The highest BCUT2D eigenvalue weighted by atomic mass is 16.6. The van der Waals surface area contributed by atoms with Gasteiger partial charge in [0.1, 0.15) is 11.6 Å². The standard InChI is InChI=1S/C19H22N4O4/c1-12(13-5-4-8-16(10-13)26-2)22-17(24)11-27-19(25)23-15-7-3-6-14(9-15)18(20)21/h3-10,12H,11H2,1-2H3,(H3,20,21)(H,22,24)(H,23,25)/t12-/m1/s1. The van der Waals surface area contributed by atoms with Gasteiger partial charge in [-0.05, 0) is 36.8 Å². The molecule has 0 aliphatic carbocycles. The van der Waals surface area contributed by atoms with Gasteiger partial charge in [0.15, 0.2) is 6.61 Å². The smallest absolute Gasteiger partial charge is 0.412 e. The van der Waals surface area contributed by atoms with E-state index in [0.717, 1.165) is 5.56 Å². The molecule has 2 rings (SSSR count). The van der Waals surface area contributed by atoms with Crippen LogP contribution in [-0.2, 0) is 9.53 Å². The summed E-state index contributed by atoms with van der Waals surface area (Å²) >= 11 is 0. The number of amides is 2. The van der Waals surface area contributed by atoms with Crippen LogP contribution in [0.15, 0.2) is 48.5 Å². The zero-order valence-electron chi connectivity index (χ0n) is 15.1. The van der Waals surface area contributed by atoms with E-state index in [1.165, 1.54) is 6.07 Å². The van der Waals surface area contributed by atoms with Gasteiger partial charge in [-0.15, -0.1) is 0 Å². The zero-order chi connectivity index (χ0) is 19.8. The van der Waals surface area contributed by atoms with Crippen molar-refractivity contribution in [3.05, 3.63) is 59.7 Å². The second-order valence-electron chi connectivity index (χ2n) is 5.76. The summed E-state index contributed by atoms with van der Waals surface area (Å²) in [6, 6.07) is 13.5. The molecule has 0 saturated heterocycles. The molecule has 0 fully saturated rings. The quantitative estimate of drug-likeness (QED) is 0.440. The van der Waals surface area contributed by atoms with Crippen LogP contribution in [0.5, 0.6) is 5.75 Å². The van der Waals surface area contributed by atoms with Crippen LogP contribution in [-0.4, -0.2) is 31.6 Å². The molecule has 27 heavy (non-hydrogen) atoms. The third-order valence-electron chi connectivity index (χ3n) is 3.73. The summed E-state index contributed by atoms with van der Waals surface area (Å²) in [7, 11) is 1.57. The summed E-state index contributed by atoms with van der Waals surface area (Å²) in [5.41, 5.74) is 7.16. The molecule has 8 nitrogen and oxygen atoms in total. The lowest BCUT2D eigenvalue weighted by molar-refractivity contribution is -0.124. The Morgan fingerprint density at radius 2 is 1.93 bits per heavy atom. The molecule has 5 N–H and O–H groups in total. The fourth-order valence-corrected chi connectivity index (χ4v) is 2.33. The minimum Gasteiger partial charge on any atom is -0.497 e. The molecule has 0 saturated carbocycles. The number of benzene rings is 2. The van der Waals surface area contributed by atoms with Crippen molar-refractivity contribution in [2.24, 2.45) is 5.73 Å². The van der Waals surface area contributed by atoms with E-state index >= 15 is 0 Å². The van der Waals surface area contributed by atoms with Crippen LogP contribution in [0.3, 0.4) is 0 Å². The molecule has 0 aliphatic heterocycles. The first-order valence-corrected chi connectivity index (χ1v) is 8.20. The van der Waals surface area contributed by atoms with E-state index in [2.05, 4.69) is 10.6 Å². The van der Waals surface area contributed by atoms with E-state index in [0.29, 0.717) is 17.0 Å². The molecule has 0 aliphatic rings. The van der Waals surface area contributed by atoms with E-state index in [1.807, 2.05) is 31.2 Å². The van der Waals surface area contributed by atoms with E-state index in [-0.39, 0.29) is 11.9 Å². The predicted octanol–water partition coefficient (Wildman–Crippen LogP) is 2.41. The van der Waals surface area contributed by atoms with Gasteiger partial charge >= 0.3 is 6.09 Å². The summed E-state index contributed by atoms with van der Waals surface area (Å²) < 4.78 is 10.1. The molecular formula is C19H22N4O4. The van der Waals surface area contributed by atoms with Crippen LogP contribution in [0, 0.1) is 5.41 Å². The lowest BCUT2D eigenvalue weighted by atomic mass is 10.1. The highest BCUT2D eigenvalue weighted by Crippen LogP contribution is 2.18. The molecule has 0 heterocycles. The third-order valence-corrected chi connectivity index (χ3v) is 3.73. The number of amidine groups is 1. The summed E-state index contributed by atoms with van der Waals surface area (Å²) in [5, 5.41) is 12.6. The molecule has 2 aromatic rings. The van der Waals surface area contributed by atoms with Crippen molar-refractivity contribution in [1.82, 2.24) is 5.32 Å². The van der Waals surface area contributed by atoms with Crippen molar-refractivity contribution in [3.8, 4) is 5.75 Å². The van der Waals surface area contributed by atoms with Gasteiger partial charge in [0, 0.05) is 11.3 Å². The van der Waals surface area contributed by atoms with Gasteiger partial charge in [0.2, 0.25) is 0 Å². The summed E-state index contributed by atoms with van der Waals surface area (Å²) in [4.78, 5) is 23.8. The number of hydrogen-bond donors (Lipinski definition) is 4. The van der Waals surface area contributed by atoms with Gasteiger partial charge in [-0.3, -0.25) is 15.5 Å². The fraction of sp³-hybridized carbons (Fsp3) is 0.211. The monoisotopic (exact) mass is 370 g/mol. The van der Waals surface area contributed by atoms with Crippen molar-refractivity contribution in [3.63, 3.8) is 0 Å². The molecule has 0 bridgehead atoms. The largest absolute Gasteiger partial charge is 0.497 e. The van der Waals surface area contributed by atoms with E-state index < -0.39 is 18.6 Å². The number of carbonyl (C=O) groups excluding carboxylic acids is 2. The van der Waals surface area contributed by atoms with Crippen LogP contribution in [0.2, 0.25) is 0 Å². The van der Waals surface area contributed by atoms with Crippen LogP contribution in [0.4, 0.5) is 10.5 Å². The van der Waals surface area contributed by atoms with Gasteiger partial charge < -0.3 is 20.5 Å². The number of ether oxygens (including phenoxy) is 2. The highest BCUT2D eigenvalue weighted by Gasteiger charge is 2.13. The average molecular weight is 370 g/mol. The number of hydrogen-bond acceptors (Lipinski definition) is 5. The molecule has 0 aromatic heterocycles. The topological polar surface area (TPSA) is 127 Å². The first kappa shape index (κ1) is 19.8. The normalized spacial score (nSPS) is 11.2. The second kappa shape index (κ2) is 9.23. The predicted molar refractivity (Wildman–Crippen MR) is 102 cm³/mol. The molecule has 0 spiro atoms. The van der Waals surface area contributed by atoms with Gasteiger partial charge in [0.05, 0.1) is 13.2 Å². The Balaban J connectivity index is 1.83. The van der Waals surface area contributed by atoms with Crippen molar-refractivity contribution in [2.75, 3.05) is 19.0 Å². The first-order valence-electron chi connectivity index (χ1n) is 8.20. The Labute approximate surface area is 157 Å². The van der Waals surface area contributed by atoms with Crippen LogP contribution < -0.4 is 21.1 Å². The zero-order valence-corrected chi connectivity index (χ0v) is 15.1. The minimum atomic E-state index is -0.778. The maximum Gasteiger partial charge on any atom is 0.412 e. The molecule has 2 amide bonds. The maximum atomic E-state index is 12.0. The Morgan fingerprint density at radius 3 is 2.63 bits per heavy atom. The number of carbonyl (C=O) groups is 2. The lowest BCUT2D eigenvalue weighted by Crippen LogP contribution is -2.32. The minimum absolute atomic E-state index is 0.113. The van der Waals surface area contributed by atoms with Crippen LogP contribution in [0.1, 0.15) is 24.1 Å². The second-order valence-corrected chi connectivity index (χ2v) is 5.76. The molecule has 2 aromatic carbocycles. The molecule has 142 valence electrons. The van der Waals surface area contributed by atoms with E-state index in [9.17, 15) is 9.59 Å². The number of nitrogens with one attached hydrogen (secondary N) is 3. The lowest BCUT2D eigenvalue weighted by Gasteiger charge is -2.15. The fourth-order valence-electron chi connectivity index (χ4n) is 2.33. The van der Waals surface area contributed by atoms with Crippen molar-refractivity contribution in [1.29, 1.82) is 5.41 Å². The molecule has 8 heteroatoms. The Hall–Kier alpha value is -3.55. The highest BCUT2D eigenvalue weighted by molar-refractivity contribution is 5.97. The third kappa shape index (κ3) is 6.03. The van der Waals surface area contributed by atoms with E-state index in [4.69, 9.17) is 20.6 Å². The van der Waals surface area contributed by atoms with Gasteiger partial charge in [0.25, 0.3) is 5.91 Å².